The van der Waals surface area contributed by atoms with Crippen molar-refractivity contribution in [2.45, 2.75) is 32.2 Å². The summed E-state index contributed by atoms with van der Waals surface area (Å²) in [5.74, 6) is 0.565. The lowest BCUT2D eigenvalue weighted by atomic mass is 10.0. The Morgan fingerprint density at radius 2 is 1.96 bits per heavy atom. The van der Waals surface area contributed by atoms with Gasteiger partial charge >= 0.3 is 5.97 Å². The molecule has 2 atom stereocenters. The SMILES string of the molecule is O=C(O)c1ccn(-c2cccc(CNC(=O)C3C4CCCCC43)c2)n1. The summed E-state index contributed by atoms with van der Waals surface area (Å²) in [6.45, 7) is 0.482. The second-order valence-electron chi connectivity index (χ2n) is 6.98. The van der Waals surface area contributed by atoms with Gasteiger partial charge in [-0.2, -0.15) is 5.10 Å². The summed E-state index contributed by atoms with van der Waals surface area (Å²) < 4.78 is 1.53. The zero-order valence-electron chi connectivity index (χ0n) is 13.9. The van der Waals surface area contributed by atoms with Gasteiger partial charge in [-0.25, -0.2) is 9.48 Å². The van der Waals surface area contributed by atoms with Crippen LogP contribution in [0.15, 0.2) is 36.5 Å². The summed E-state index contributed by atoms with van der Waals surface area (Å²) in [6.07, 6.45) is 6.54. The standard InChI is InChI=1S/C19H21N3O3/c23-18(17-14-6-1-2-7-15(14)17)20-11-12-4-3-5-13(10-12)22-9-8-16(21-22)19(24)25/h3-5,8-10,14-15,17H,1-2,6-7,11H2,(H,20,23)(H,24,25). The summed E-state index contributed by atoms with van der Waals surface area (Å²) in [7, 11) is 0. The number of nitrogens with zero attached hydrogens (tertiary/aromatic N) is 2. The molecule has 1 aromatic carbocycles. The van der Waals surface area contributed by atoms with Gasteiger partial charge in [0.1, 0.15) is 0 Å². The van der Waals surface area contributed by atoms with Crippen LogP contribution in [0, 0.1) is 17.8 Å². The Morgan fingerprint density at radius 3 is 2.64 bits per heavy atom. The average molecular weight is 339 g/mol. The summed E-state index contributed by atoms with van der Waals surface area (Å²) >= 11 is 0. The minimum absolute atomic E-state index is 0.00930. The molecule has 0 spiro atoms. The molecular formula is C19H21N3O3. The van der Waals surface area contributed by atoms with Crippen LogP contribution in [0.2, 0.25) is 0 Å². The highest BCUT2D eigenvalue weighted by Crippen LogP contribution is 2.55. The van der Waals surface area contributed by atoms with Crippen molar-refractivity contribution >= 4 is 11.9 Å². The predicted molar refractivity (Wildman–Crippen MR) is 91.3 cm³/mol. The first-order valence-corrected chi connectivity index (χ1v) is 8.79. The first kappa shape index (κ1) is 15.9. The average Bonchev–Trinajstić information content (AvgIpc) is 3.13. The highest BCUT2D eigenvalue weighted by Gasteiger charge is 2.54. The van der Waals surface area contributed by atoms with Crippen molar-refractivity contribution < 1.29 is 14.7 Å². The van der Waals surface area contributed by atoms with Crippen molar-refractivity contribution in [3.05, 3.63) is 47.8 Å². The number of hydrogen-bond donors (Lipinski definition) is 2. The minimum Gasteiger partial charge on any atom is -0.476 e. The monoisotopic (exact) mass is 339 g/mol. The molecule has 2 saturated carbocycles. The Bertz CT molecular complexity index is 802. The largest absolute Gasteiger partial charge is 0.476 e. The molecule has 1 aromatic heterocycles. The zero-order chi connectivity index (χ0) is 17.4. The van der Waals surface area contributed by atoms with Crippen molar-refractivity contribution in [1.29, 1.82) is 0 Å². The zero-order valence-corrected chi connectivity index (χ0v) is 13.9. The van der Waals surface area contributed by atoms with Crippen LogP contribution in [0.25, 0.3) is 5.69 Å². The fourth-order valence-electron chi connectivity index (χ4n) is 4.08. The molecule has 2 aliphatic carbocycles. The number of fused-ring (bicyclic) bond motifs is 1. The van der Waals surface area contributed by atoms with Crippen molar-refractivity contribution in [2.75, 3.05) is 0 Å². The number of amides is 1. The van der Waals surface area contributed by atoms with Gasteiger partial charge in [0.15, 0.2) is 5.69 Å². The van der Waals surface area contributed by atoms with Gasteiger partial charge in [-0.3, -0.25) is 4.79 Å². The van der Waals surface area contributed by atoms with Gasteiger partial charge in [-0.15, -0.1) is 0 Å². The Morgan fingerprint density at radius 1 is 1.20 bits per heavy atom. The van der Waals surface area contributed by atoms with Crippen molar-refractivity contribution in [3.8, 4) is 5.69 Å². The lowest BCUT2D eigenvalue weighted by Crippen LogP contribution is -2.25. The summed E-state index contributed by atoms with van der Waals surface area (Å²) in [5, 5.41) is 16.1. The van der Waals surface area contributed by atoms with E-state index in [1.165, 1.54) is 36.4 Å². The van der Waals surface area contributed by atoms with E-state index in [4.69, 9.17) is 5.11 Å². The first-order chi connectivity index (χ1) is 12.1. The molecule has 1 amide bonds. The van der Waals surface area contributed by atoms with Crippen LogP contribution in [-0.2, 0) is 11.3 Å². The van der Waals surface area contributed by atoms with E-state index in [2.05, 4.69) is 10.4 Å². The van der Waals surface area contributed by atoms with Crippen molar-refractivity contribution in [3.63, 3.8) is 0 Å². The maximum Gasteiger partial charge on any atom is 0.356 e. The fraction of sp³-hybridized carbons (Fsp3) is 0.421. The molecule has 0 bridgehead atoms. The van der Waals surface area contributed by atoms with E-state index >= 15 is 0 Å². The quantitative estimate of drug-likeness (QED) is 0.877. The van der Waals surface area contributed by atoms with Crippen LogP contribution in [0.5, 0.6) is 0 Å². The van der Waals surface area contributed by atoms with E-state index in [1.54, 1.807) is 6.20 Å². The molecule has 25 heavy (non-hydrogen) atoms. The second kappa shape index (κ2) is 6.35. The van der Waals surface area contributed by atoms with Gasteiger partial charge in [0.2, 0.25) is 5.91 Å². The summed E-state index contributed by atoms with van der Waals surface area (Å²) in [6, 6.07) is 9.07. The van der Waals surface area contributed by atoms with E-state index < -0.39 is 5.97 Å². The van der Waals surface area contributed by atoms with Gasteiger partial charge in [0.05, 0.1) is 5.69 Å². The van der Waals surface area contributed by atoms with E-state index in [0.717, 1.165) is 11.3 Å². The van der Waals surface area contributed by atoms with Crippen LogP contribution < -0.4 is 5.32 Å². The van der Waals surface area contributed by atoms with Gasteiger partial charge in [0, 0.05) is 18.7 Å². The molecule has 6 nitrogen and oxygen atoms in total. The van der Waals surface area contributed by atoms with Gasteiger partial charge in [0.25, 0.3) is 0 Å². The lowest BCUT2D eigenvalue weighted by molar-refractivity contribution is -0.123. The molecule has 4 rings (SSSR count). The Balaban J connectivity index is 1.40. The number of hydrogen-bond acceptors (Lipinski definition) is 3. The predicted octanol–water partition coefficient (Wildman–Crippen LogP) is 2.62. The van der Waals surface area contributed by atoms with Crippen molar-refractivity contribution in [2.24, 2.45) is 17.8 Å². The van der Waals surface area contributed by atoms with E-state index in [-0.39, 0.29) is 17.5 Å². The molecule has 0 aliphatic heterocycles. The summed E-state index contributed by atoms with van der Waals surface area (Å²) in [5.41, 5.74) is 1.76. The normalized spacial score (nSPS) is 24.4. The van der Waals surface area contributed by atoms with Crippen LogP contribution in [0.3, 0.4) is 0 Å². The Labute approximate surface area is 145 Å². The van der Waals surface area contributed by atoms with Crippen LogP contribution in [-0.4, -0.2) is 26.8 Å². The third kappa shape index (κ3) is 3.16. The smallest absolute Gasteiger partial charge is 0.356 e. The topological polar surface area (TPSA) is 84.2 Å². The van der Waals surface area contributed by atoms with Gasteiger partial charge < -0.3 is 10.4 Å². The number of aromatic carboxylic acids is 1. The molecule has 2 fully saturated rings. The second-order valence-corrected chi connectivity index (χ2v) is 6.98. The number of carbonyl (C=O) groups excluding carboxylic acids is 1. The molecule has 0 saturated heterocycles. The molecule has 1 heterocycles. The molecule has 2 aliphatic rings. The Hall–Kier alpha value is -2.63. The highest BCUT2D eigenvalue weighted by molar-refractivity contribution is 5.85. The van der Waals surface area contributed by atoms with Crippen molar-refractivity contribution in [1.82, 2.24) is 15.1 Å². The van der Waals surface area contributed by atoms with Crippen LogP contribution >= 0.6 is 0 Å². The van der Waals surface area contributed by atoms with E-state index in [1.807, 2.05) is 24.3 Å². The number of carboxylic acids is 1. The Kier molecular flexibility index (Phi) is 4.03. The number of nitrogens with one attached hydrogen (secondary N) is 1. The number of carboxylic acid groups (broad SMARTS) is 1. The molecule has 130 valence electrons. The molecule has 0 radical (unpaired) electrons. The minimum atomic E-state index is -1.05. The number of aromatic nitrogens is 2. The third-order valence-corrected chi connectivity index (χ3v) is 5.41. The molecular weight excluding hydrogens is 318 g/mol. The van der Waals surface area contributed by atoms with Gasteiger partial charge in [-0.1, -0.05) is 25.0 Å². The highest BCUT2D eigenvalue weighted by atomic mass is 16.4. The van der Waals surface area contributed by atoms with Crippen LogP contribution in [0.4, 0.5) is 0 Å². The first-order valence-electron chi connectivity index (χ1n) is 8.79. The third-order valence-electron chi connectivity index (χ3n) is 5.41. The molecule has 6 heteroatoms. The van der Waals surface area contributed by atoms with Gasteiger partial charge in [-0.05, 0) is 48.4 Å². The lowest BCUT2D eigenvalue weighted by Gasteiger charge is -2.07. The maximum absolute atomic E-state index is 12.4. The number of rotatable bonds is 5. The molecule has 2 aromatic rings. The summed E-state index contributed by atoms with van der Waals surface area (Å²) in [4.78, 5) is 23.3. The number of carbonyl (C=O) groups is 2. The van der Waals surface area contributed by atoms with E-state index in [9.17, 15) is 9.59 Å². The molecule has 2 N–H and O–H groups in total. The fourth-order valence-corrected chi connectivity index (χ4v) is 4.08. The molecule has 2 unspecified atom stereocenters. The van der Waals surface area contributed by atoms with E-state index in [0.29, 0.717) is 18.4 Å². The van der Waals surface area contributed by atoms with Crippen LogP contribution in [0.1, 0.15) is 41.7 Å². The maximum atomic E-state index is 12.4. The number of benzene rings is 1.